The Hall–Kier alpha value is -2.93. The van der Waals surface area contributed by atoms with Gasteiger partial charge in [0.2, 0.25) is 0 Å². The van der Waals surface area contributed by atoms with Gasteiger partial charge in [-0.25, -0.2) is 8.42 Å². The zero-order valence-electron chi connectivity index (χ0n) is 16.6. The SMILES string of the molecule is C/C=C\c1c(CC)cccc1C(=O)NCCCN=C1NS(=O)(=O)c2ccccc21. The summed E-state index contributed by atoms with van der Waals surface area (Å²) in [5.41, 5.74) is 3.33. The molecule has 0 radical (unpaired) electrons. The average Bonchev–Trinajstić information content (AvgIpc) is 2.98. The minimum absolute atomic E-state index is 0.118. The third-order valence-corrected chi connectivity index (χ3v) is 6.11. The summed E-state index contributed by atoms with van der Waals surface area (Å²) >= 11 is 0. The van der Waals surface area contributed by atoms with Gasteiger partial charge in [0, 0.05) is 24.2 Å². The molecule has 2 N–H and O–H groups in total. The molecule has 3 rings (SSSR count). The number of aryl methyl sites for hydroxylation is 1. The van der Waals surface area contributed by atoms with Crippen molar-refractivity contribution in [2.45, 2.75) is 31.6 Å². The number of aliphatic imine (C=N–C) groups is 1. The lowest BCUT2D eigenvalue weighted by Gasteiger charge is -2.11. The van der Waals surface area contributed by atoms with Crippen LogP contribution in [-0.4, -0.2) is 33.3 Å². The minimum Gasteiger partial charge on any atom is -0.352 e. The molecule has 1 aliphatic heterocycles. The Balaban J connectivity index is 1.60. The van der Waals surface area contributed by atoms with E-state index in [0.29, 0.717) is 36.5 Å². The summed E-state index contributed by atoms with van der Waals surface area (Å²) in [4.78, 5) is 17.2. The number of allylic oxidation sites excluding steroid dienone is 1. The van der Waals surface area contributed by atoms with Crippen LogP contribution in [-0.2, 0) is 16.4 Å². The van der Waals surface area contributed by atoms with E-state index in [9.17, 15) is 13.2 Å². The van der Waals surface area contributed by atoms with Crippen molar-refractivity contribution in [2.75, 3.05) is 13.1 Å². The van der Waals surface area contributed by atoms with Crippen LogP contribution in [0.3, 0.4) is 0 Å². The quantitative estimate of drug-likeness (QED) is 0.686. The smallest absolute Gasteiger partial charge is 0.263 e. The van der Waals surface area contributed by atoms with Crippen LogP contribution >= 0.6 is 0 Å². The van der Waals surface area contributed by atoms with Gasteiger partial charge < -0.3 is 5.32 Å². The number of hydrogen-bond acceptors (Lipinski definition) is 4. The number of carbonyl (C=O) groups is 1. The summed E-state index contributed by atoms with van der Waals surface area (Å²) < 4.78 is 26.6. The van der Waals surface area contributed by atoms with Gasteiger partial charge in [-0.15, -0.1) is 0 Å². The molecule has 0 bridgehead atoms. The highest BCUT2D eigenvalue weighted by Gasteiger charge is 2.29. The van der Waals surface area contributed by atoms with Gasteiger partial charge in [-0.05, 0) is 49.1 Å². The predicted molar refractivity (Wildman–Crippen MR) is 116 cm³/mol. The molecule has 0 saturated heterocycles. The highest BCUT2D eigenvalue weighted by molar-refractivity contribution is 7.90. The van der Waals surface area contributed by atoms with Crippen molar-refractivity contribution in [3.63, 3.8) is 0 Å². The molecule has 2 aromatic carbocycles. The van der Waals surface area contributed by atoms with Crippen molar-refractivity contribution in [1.29, 1.82) is 0 Å². The molecule has 0 aromatic heterocycles. The van der Waals surface area contributed by atoms with Gasteiger partial charge in [0.05, 0.1) is 4.90 Å². The van der Waals surface area contributed by atoms with Crippen molar-refractivity contribution in [3.8, 4) is 0 Å². The van der Waals surface area contributed by atoms with E-state index in [1.807, 2.05) is 37.3 Å². The lowest BCUT2D eigenvalue weighted by Crippen LogP contribution is -2.26. The van der Waals surface area contributed by atoms with Crippen LogP contribution < -0.4 is 10.0 Å². The first kappa shape index (κ1) is 20.8. The van der Waals surface area contributed by atoms with Crippen molar-refractivity contribution in [3.05, 3.63) is 70.8 Å². The number of hydrogen-bond donors (Lipinski definition) is 2. The molecule has 2 aromatic rings. The maximum atomic E-state index is 12.6. The number of amides is 1. The van der Waals surface area contributed by atoms with Crippen molar-refractivity contribution >= 4 is 27.8 Å². The van der Waals surface area contributed by atoms with Crippen molar-refractivity contribution in [2.24, 2.45) is 4.99 Å². The molecule has 0 fully saturated rings. The Morgan fingerprint density at radius 1 is 1.17 bits per heavy atom. The van der Waals surface area contributed by atoms with Gasteiger partial charge in [0.25, 0.3) is 15.9 Å². The van der Waals surface area contributed by atoms with Crippen LogP contribution in [0, 0.1) is 0 Å². The predicted octanol–water partition coefficient (Wildman–Crippen LogP) is 3.14. The Kier molecular flexibility index (Phi) is 6.49. The molecule has 7 heteroatoms. The third kappa shape index (κ3) is 4.56. The summed E-state index contributed by atoms with van der Waals surface area (Å²) in [5.74, 6) is 0.242. The Morgan fingerprint density at radius 2 is 1.97 bits per heavy atom. The molecule has 0 unspecified atom stereocenters. The van der Waals surface area contributed by atoms with Gasteiger partial charge in [-0.1, -0.05) is 43.3 Å². The molecular formula is C22H25N3O3S. The molecule has 0 atom stereocenters. The zero-order valence-corrected chi connectivity index (χ0v) is 17.4. The lowest BCUT2D eigenvalue weighted by molar-refractivity contribution is 0.0953. The monoisotopic (exact) mass is 411 g/mol. The number of rotatable bonds is 7. The summed E-state index contributed by atoms with van der Waals surface area (Å²) in [6.45, 7) is 4.86. The number of nitrogens with one attached hydrogen (secondary N) is 2. The van der Waals surface area contributed by atoms with E-state index in [1.165, 1.54) is 0 Å². The molecule has 29 heavy (non-hydrogen) atoms. The van der Waals surface area contributed by atoms with Gasteiger partial charge in [0.15, 0.2) is 0 Å². The standard InChI is InChI=1S/C22H25N3O3S/c1-3-9-17-16(4-2)10-7-12-18(17)22(26)24-15-8-14-23-21-19-11-5-6-13-20(19)29(27,28)25-21/h3,5-7,9-13H,4,8,14-15H2,1-2H3,(H,23,25)(H,24,26)/b9-3-. The van der Waals surface area contributed by atoms with Crippen LogP contribution in [0.5, 0.6) is 0 Å². The fraction of sp³-hybridized carbons (Fsp3) is 0.273. The summed E-state index contributed by atoms with van der Waals surface area (Å²) in [6, 6.07) is 12.5. The van der Waals surface area contributed by atoms with Crippen molar-refractivity contribution in [1.82, 2.24) is 10.0 Å². The largest absolute Gasteiger partial charge is 0.352 e. The van der Waals surface area contributed by atoms with E-state index in [-0.39, 0.29) is 10.8 Å². The minimum atomic E-state index is -3.52. The molecule has 1 heterocycles. The first-order chi connectivity index (χ1) is 14.0. The van der Waals surface area contributed by atoms with E-state index in [1.54, 1.807) is 24.3 Å². The highest BCUT2D eigenvalue weighted by atomic mass is 32.2. The highest BCUT2D eigenvalue weighted by Crippen LogP contribution is 2.22. The fourth-order valence-electron chi connectivity index (χ4n) is 3.30. The Labute approximate surface area is 171 Å². The normalized spacial score (nSPS) is 16.0. The van der Waals surface area contributed by atoms with E-state index >= 15 is 0 Å². The van der Waals surface area contributed by atoms with Crippen LogP contribution in [0.15, 0.2) is 58.4 Å². The Morgan fingerprint density at radius 3 is 2.72 bits per heavy atom. The van der Waals surface area contributed by atoms with E-state index in [4.69, 9.17) is 0 Å². The molecule has 0 aliphatic carbocycles. The van der Waals surface area contributed by atoms with Crippen LogP contribution in [0.25, 0.3) is 6.08 Å². The first-order valence-electron chi connectivity index (χ1n) is 9.67. The van der Waals surface area contributed by atoms with E-state index in [0.717, 1.165) is 17.5 Å². The number of nitrogens with zero attached hydrogens (tertiary/aromatic N) is 1. The molecular weight excluding hydrogens is 386 g/mol. The van der Waals surface area contributed by atoms with Gasteiger partial charge in [-0.3, -0.25) is 14.5 Å². The average molecular weight is 412 g/mol. The summed E-state index contributed by atoms with van der Waals surface area (Å²) in [7, 11) is -3.52. The maximum absolute atomic E-state index is 12.6. The number of carbonyl (C=O) groups excluding carboxylic acids is 1. The molecule has 1 amide bonds. The second-order valence-corrected chi connectivity index (χ2v) is 8.32. The lowest BCUT2D eigenvalue weighted by atomic mass is 9.98. The summed E-state index contributed by atoms with van der Waals surface area (Å²) in [5, 5.41) is 2.93. The second kappa shape index (κ2) is 9.05. The third-order valence-electron chi connectivity index (χ3n) is 4.71. The number of benzene rings is 2. The first-order valence-corrected chi connectivity index (χ1v) is 11.2. The number of amidine groups is 1. The van der Waals surface area contributed by atoms with E-state index < -0.39 is 10.0 Å². The van der Waals surface area contributed by atoms with Crippen molar-refractivity contribution < 1.29 is 13.2 Å². The molecule has 152 valence electrons. The molecule has 0 spiro atoms. The zero-order chi connectivity index (χ0) is 20.9. The van der Waals surface area contributed by atoms with Crippen LogP contribution in [0.4, 0.5) is 0 Å². The molecule has 6 nitrogen and oxygen atoms in total. The van der Waals surface area contributed by atoms with Crippen LogP contribution in [0.2, 0.25) is 0 Å². The molecule has 0 saturated carbocycles. The van der Waals surface area contributed by atoms with Crippen LogP contribution in [0.1, 0.15) is 47.3 Å². The van der Waals surface area contributed by atoms with Gasteiger partial charge in [0.1, 0.15) is 5.84 Å². The number of fused-ring (bicyclic) bond motifs is 1. The topological polar surface area (TPSA) is 87.6 Å². The number of sulfonamides is 1. The van der Waals surface area contributed by atoms with Gasteiger partial charge >= 0.3 is 0 Å². The second-order valence-electron chi connectivity index (χ2n) is 6.67. The maximum Gasteiger partial charge on any atom is 0.263 e. The van der Waals surface area contributed by atoms with E-state index in [2.05, 4.69) is 22.0 Å². The van der Waals surface area contributed by atoms with Gasteiger partial charge in [-0.2, -0.15) is 0 Å². The fourth-order valence-corrected chi connectivity index (χ4v) is 4.55. The Bertz CT molecular complexity index is 1070. The summed E-state index contributed by atoms with van der Waals surface area (Å²) in [6.07, 6.45) is 5.35. The molecule has 1 aliphatic rings.